The van der Waals surface area contributed by atoms with Crippen LogP contribution in [-0.4, -0.2) is 44.8 Å². The van der Waals surface area contributed by atoms with Gasteiger partial charge in [-0.1, -0.05) is 37.3 Å². The van der Waals surface area contributed by atoms with E-state index in [1.165, 1.54) is 0 Å². The molecule has 1 saturated heterocycles. The smallest absolute Gasteiger partial charge is 0.306 e. The molecule has 2 unspecified atom stereocenters. The van der Waals surface area contributed by atoms with Gasteiger partial charge >= 0.3 is 5.97 Å². The summed E-state index contributed by atoms with van der Waals surface area (Å²) >= 11 is 0. The number of aryl methyl sites for hydroxylation is 1. The van der Waals surface area contributed by atoms with Crippen LogP contribution in [0.2, 0.25) is 0 Å². The van der Waals surface area contributed by atoms with Gasteiger partial charge in [-0.25, -0.2) is 0 Å². The normalized spacial score (nSPS) is 20.8. The molecule has 0 bridgehead atoms. The predicted molar refractivity (Wildman–Crippen MR) is 89.5 cm³/mol. The molecule has 126 valence electrons. The molecular weight excluding hydrogens is 306 g/mol. The number of piperidine rings is 1. The van der Waals surface area contributed by atoms with Crippen molar-refractivity contribution in [3.05, 3.63) is 42.1 Å². The molecule has 1 N–H and O–H groups in total. The molecule has 0 radical (unpaired) electrons. The summed E-state index contributed by atoms with van der Waals surface area (Å²) in [7, 11) is 1.82. The SMILES string of the molecule is CC1CN(C(=O)c2cnn(C)c2-c2ccccc2)CCC1C(=O)O. The van der Waals surface area contributed by atoms with Gasteiger partial charge in [-0.05, 0) is 12.3 Å². The van der Waals surface area contributed by atoms with Crippen molar-refractivity contribution in [1.29, 1.82) is 0 Å². The molecule has 0 saturated carbocycles. The molecule has 6 heteroatoms. The van der Waals surface area contributed by atoms with Gasteiger partial charge in [-0.15, -0.1) is 0 Å². The number of carboxylic acid groups (broad SMARTS) is 1. The Morgan fingerprint density at radius 3 is 2.58 bits per heavy atom. The Morgan fingerprint density at radius 2 is 1.96 bits per heavy atom. The van der Waals surface area contributed by atoms with Gasteiger partial charge in [0.1, 0.15) is 0 Å². The molecule has 1 amide bonds. The van der Waals surface area contributed by atoms with E-state index in [4.69, 9.17) is 0 Å². The largest absolute Gasteiger partial charge is 0.481 e. The van der Waals surface area contributed by atoms with Crippen LogP contribution in [0.3, 0.4) is 0 Å². The van der Waals surface area contributed by atoms with Crippen LogP contribution in [0.15, 0.2) is 36.5 Å². The molecule has 2 heterocycles. The van der Waals surface area contributed by atoms with Crippen LogP contribution in [0.25, 0.3) is 11.3 Å². The lowest BCUT2D eigenvalue weighted by Gasteiger charge is -2.34. The minimum Gasteiger partial charge on any atom is -0.481 e. The number of benzene rings is 1. The highest BCUT2D eigenvalue weighted by atomic mass is 16.4. The topological polar surface area (TPSA) is 75.4 Å². The van der Waals surface area contributed by atoms with E-state index in [0.717, 1.165) is 11.3 Å². The van der Waals surface area contributed by atoms with E-state index in [1.807, 2.05) is 44.3 Å². The summed E-state index contributed by atoms with van der Waals surface area (Å²) in [5.41, 5.74) is 2.28. The number of carbonyl (C=O) groups excluding carboxylic acids is 1. The molecule has 0 spiro atoms. The first-order chi connectivity index (χ1) is 11.5. The van der Waals surface area contributed by atoms with Crippen molar-refractivity contribution in [2.45, 2.75) is 13.3 Å². The molecule has 1 aliphatic heterocycles. The minimum atomic E-state index is -0.777. The van der Waals surface area contributed by atoms with E-state index in [9.17, 15) is 14.7 Å². The molecule has 1 aliphatic rings. The monoisotopic (exact) mass is 327 g/mol. The number of hydrogen-bond donors (Lipinski definition) is 1. The molecular formula is C18H21N3O3. The second-order valence-corrected chi connectivity index (χ2v) is 6.36. The van der Waals surface area contributed by atoms with Gasteiger partial charge in [-0.2, -0.15) is 5.10 Å². The van der Waals surface area contributed by atoms with E-state index in [1.54, 1.807) is 15.8 Å². The van der Waals surface area contributed by atoms with Crippen molar-refractivity contribution >= 4 is 11.9 Å². The fourth-order valence-corrected chi connectivity index (χ4v) is 3.40. The summed E-state index contributed by atoms with van der Waals surface area (Å²) in [4.78, 5) is 25.9. The third-order valence-electron chi connectivity index (χ3n) is 4.73. The quantitative estimate of drug-likeness (QED) is 0.938. The first-order valence-corrected chi connectivity index (χ1v) is 8.08. The number of nitrogens with zero attached hydrogens (tertiary/aromatic N) is 3. The predicted octanol–water partition coefficient (Wildman–Crippen LogP) is 2.27. The average molecular weight is 327 g/mol. The van der Waals surface area contributed by atoms with Crippen molar-refractivity contribution in [2.24, 2.45) is 18.9 Å². The second kappa shape index (κ2) is 6.47. The zero-order valence-electron chi connectivity index (χ0n) is 13.8. The maximum absolute atomic E-state index is 13.0. The van der Waals surface area contributed by atoms with Gasteiger partial charge in [0.25, 0.3) is 5.91 Å². The Morgan fingerprint density at radius 1 is 1.25 bits per heavy atom. The number of aliphatic carboxylic acids is 1. The number of likely N-dealkylation sites (tertiary alicyclic amines) is 1. The van der Waals surface area contributed by atoms with Gasteiger partial charge in [0.15, 0.2) is 0 Å². The van der Waals surface area contributed by atoms with Crippen molar-refractivity contribution in [1.82, 2.24) is 14.7 Å². The van der Waals surface area contributed by atoms with Crippen LogP contribution in [0, 0.1) is 11.8 Å². The lowest BCUT2D eigenvalue weighted by molar-refractivity contribution is -0.145. The van der Waals surface area contributed by atoms with Gasteiger partial charge in [0, 0.05) is 25.7 Å². The first-order valence-electron chi connectivity index (χ1n) is 8.08. The van der Waals surface area contributed by atoms with Gasteiger partial charge in [-0.3, -0.25) is 14.3 Å². The van der Waals surface area contributed by atoms with Gasteiger partial charge in [0.05, 0.1) is 23.4 Å². The molecule has 24 heavy (non-hydrogen) atoms. The number of aromatic nitrogens is 2. The highest BCUT2D eigenvalue weighted by Crippen LogP contribution is 2.28. The molecule has 0 aliphatic carbocycles. The summed E-state index contributed by atoms with van der Waals surface area (Å²) in [6.07, 6.45) is 2.09. The molecule has 2 atom stereocenters. The number of carbonyl (C=O) groups is 2. The zero-order valence-corrected chi connectivity index (χ0v) is 13.8. The maximum Gasteiger partial charge on any atom is 0.306 e. The van der Waals surface area contributed by atoms with Crippen molar-refractivity contribution in [3.63, 3.8) is 0 Å². The van der Waals surface area contributed by atoms with Crippen LogP contribution in [0.1, 0.15) is 23.7 Å². The lowest BCUT2D eigenvalue weighted by atomic mass is 9.86. The van der Waals surface area contributed by atoms with Gasteiger partial charge in [0.2, 0.25) is 0 Å². The number of rotatable bonds is 3. The van der Waals surface area contributed by atoms with Crippen LogP contribution in [0.5, 0.6) is 0 Å². The third-order valence-corrected chi connectivity index (χ3v) is 4.73. The molecule has 3 rings (SSSR count). The zero-order chi connectivity index (χ0) is 17.3. The van der Waals surface area contributed by atoms with Crippen molar-refractivity contribution in [2.75, 3.05) is 13.1 Å². The summed E-state index contributed by atoms with van der Waals surface area (Å²) in [5.74, 6) is -1.30. The Balaban J connectivity index is 1.86. The number of amides is 1. The first kappa shape index (κ1) is 16.2. The van der Waals surface area contributed by atoms with Crippen LogP contribution >= 0.6 is 0 Å². The summed E-state index contributed by atoms with van der Waals surface area (Å²) < 4.78 is 1.70. The molecule has 6 nitrogen and oxygen atoms in total. The van der Waals surface area contributed by atoms with Crippen LogP contribution in [0.4, 0.5) is 0 Å². The second-order valence-electron chi connectivity index (χ2n) is 6.36. The summed E-state index contributed by atoms with van der Waals surface area (Å²) in [6, 6.07) is 9.69. The average Bonchev–Trinajstić information content (AvgIpc) is 2.96. The van der Waals surface area contributed by atoms with Crippen molar-refractivity contribution in [3.8, 4) is 11.3 Å². The molecule has 1 aromatic heterocycles. The number of carboxylic acids is 1. The summed E-state index contributed by atoms with van der Waals surface area (Å²) in [5, 5.41) is 13.5. The van der Waals surface area contributed by atoms with Crippen LogP contribution < -0.4 is 0 Å². The van der Waals surface area contributed by atoms with E-state index in [2.05, 4.69) is 5.10 Å². The number of hydrogen-bond acceptors (Lipinski definition) is 3. The fourth-order valence-electron chi connectivity index (χ4n) is 3.40. The lowest BCUT2D eigenvalue weighted by Crippen LogP contribution is -2.45. The van der Waals surface area contributed by atoms with E-state index in [-0.39, 0.29) is 17.7 Å². The standard InChI is InChI=1S/C18H21N3O3/c1-12-11-21(9-8-14(12)18(23)24)17(22)15-10-19-20(2)16(15)13-6-4-3-5-7-13/h3-7,10,12,14H,8-9,11H2,1-2H3,(H,23,24). The highest BCUT2D eigenvalue weighted by Gasteiger charge is 2.34. The van der Waals surface area contributed by atoms with E-state index >= 15 is 0 Å². The Bertz CT molecular complexity index is 754. The maximum atomic E-state index is 13.0. The van der Waals surface area contributed by atoms with Crippen LogP contribution in [-0.2, 0) is 11.8 Å². The summed E-state index contributed by atoms with van der Waals surface area (Å²) in [6.45, 7) is 2.81. The highest BCUT2D eigenvalue weighted by molar-refractivity contribution is 6.00. The third kappa shape index (κ3) is 2.91. The fraction of sp³-hybridized carbons (Fsp3) is 0.389. The Hall–Kier alpha value is -2.63. The Kier molecular flexibility index (Phi) is 4.38. The van der Waals surface area contributed by atoms with Crippen molar-refractivity contribution < 1.29 is 14.7 Å². The van der Waals surface area contributed by atoms with E-state index < -0.39 is 5.97 Å². The molecule has 1 aromatic carbocycles. The van der Waals surface area contributed by atoms with E-state index in [0.29, 0.717) is 25.1 Å². The minimum absolute atomic E-state index is 0.0583. The molecule has 1 fully saturated rings. The Labute approximate surface area is 140 Å². The van der Waals surface area contributed by atoms with Gasteiger partial charge < -0.3 is 10.0 Å². The molecule has 2 aromatic rings.